The minimum absolute atomic E-state index is 0.559. The third kappa shape index (κ3) is 2.47. The molecule has 1 rings (SSSR count). The topological polar surface area (TPSA) is 38.7 Å². The first-order valence-corrected chi connectivity index (χ1v) is 3.72. The Morgan fingerprint density at radius 2 is 2.17 bits per heavy atom. The highest BCUT2D eigenvalue weighted by atomic mass is 16.5. The molecule has 12 heavy (non-hydrogen) atoms. The summed E-state index contributed by atoms with van der Waals surface area (Å²) in [6.07, 6.45) is 0. The van der Waals surface area contributed by atoms with Crippen LogP contribution in [0.3, 0.4) is 0 Å². The lowest BCUT2D eigenvalue weighted by Crippen LogP contribution is -2.00. The predicted octanol–water partition coefficient (Wildman–Crippen LogP) is 0.991. The van der Waals surface area contributed by atoms with Gasteiger partial charge in [-0.15, -0.1) is 0 Å². The molecular formula is C8H10BO3. The lowest BCUT2D eigenvalue weighted by atomic mass is 10.3. The summed E-state index contributed by atoms with van der Waals surface area (Å²) in [6.45, 7) is 2.53. The van der Waals surface area contributed by atoms with E-state index in [1.165, 1.54) is 0 Å². The zero-order valence-corrected chi connectivity index (χ0v) is 6.86. The predicted molar refractivity (Wildman–Crippen MR) is 46.2 cm³/mol. The number of ether oxygens (including phenoxy) is 1. The van der Waals surface area contributed by atoms with E-state index in [4.69, 9.17) is 14.4 Å². The fourth-order valence-corrected chi connectivity index (χ4v) is 0.865. The van der Waals surface area contributed by atoms with E-state index in [0.29, 0.717) is 20.0 Å². The van der Waals surface area contributed by atoms with Gasteiger partial charge in [0, 0.05) is 6.07 Å². The second kappa shape index (κ2) is 4.67. The SMILES string of the molecule is CCOc1cccc(O[B]O)c1. The highest BCUT2D eigenvalue weighted by molar-refractivity contribution is 6.17. The number of rotatable bonds is 4. The van der Waals surface area contributed by atoms with Gasteiger partial charge in [-0.1, -0.05) is 6.07 Å². The number of benzene rings is 1. The summed E-state index contributed by atoms with van der Waals surface area (Å²) in [5, 5.41) is 8.35. The molecule has 1 aromatic rings. The van der Waals surface area contributed by atoms with Crippen molar-refractivity contribution >= 4 is 7.69 Å². The van der Waals surface area contributed by atoms with Crippen LogP contribution in [0.5, 0.6) is 11.5 Å². The summed E-state index contributed by atoms with van der Waals surface area (Å²) in [6, 6.07) is 7.06. The van der Waals surface area contributed by atoms with E-state index in [2.05, 4.69) is 0 Å². The summed E-state index contributed by atoms with van der Waals surface area (Å²) in [5.74, 6) is 1.29. The van der Waals surface area contributed by atoms with Crippen molar-refractivity contribution in [1.29, 1.82) is 0 Å². The van der Waals surface area contributed by atoms with Crippen LogP contribution in [-0.2, 0) is 0 Å². The van der Waals surface area contributed by atoms with Crippen LogP contribution < -0.4 is 9.39 Å². The van der Waals surface area contributed by atoms with Gasteiger partial charge < -0.3 is 14.4 Å². The van der Waals surface area contributed by atoms with Crippen LogP contribution in [0.2, 0.25) is 0 Å². The maximum absolute atomic E-state index is 8.35. The van der Waals surface area contributed by atoms with Gasteiger partial charge in [0.25, 0.3) is 0 Å². The van der Waals surface area contributed by atoms with Crippen molar-refractivity contribution in [3.63, 3.8) is 0 Å². The average Bonchev–Trinajstić information content (AvgIpc) is 2.06. The number of hydrogen-bond acceptors (Lipinski definition) is 3. The Balaban J connectivity index is 2.67. The smallest absolute Gasteiger partial charge is 0.537 e. The molecule has 0 spiro atoms. The van der Waals surface area contributed by atoms with E-state index in [1.54, 1.807) is 18.2 Å². The van der Waals surface area contributed by atoms with Crippen molar-refractivity contribution in [2.75, 3.05) is 6.61 Å². The van der Waals surface area contributed by atoms with Gasteiger partial charge >= 0.3 is 7.69 Å². The van der Waals surface area contributed by atoms with Gasteiger partial charge in [-0.25, -0.2) is 0 Å². The molecule has 0 heterocycles. The van der Waals surface area contributed by atoms with Crippen LogP contribution in [-0.4, -0.2) is 19.3 Å². The summed E-state index contributed by atoms with van der Waals surface area (Å²) < 4.78 is 9.96. The lowest BCUT2D eigenvalue weighted by molar-refractivity contribution is 0.338. The van der Waals surface area contributed by atoms with Crippen LogP contribution >= 0.6 is 0 Å². The molecular weight excluding hydrogens is 155 g/mol. The van der Waals surface area contributed by atoms with Gasteiger partial charge in [0.05, 0.1) is 6.61 Å². The quantitative estimate of drug-likeness (QED) is 0.676. The molecule has 0 bridgehead atoms. The maximum atomic E-state index is 8.35. The first-order chi connectivity index (χ1) is 5.86. The molecule has 0 saturated carbocycles. The molecule has 1 N–H and O–H groups in total. The van der Waals surface area contributed by atoms with E-state index >= 15 is 0 Å². The molecule has 0 aliphatic rings. The molecule has 0 aliphatic carbocycles. The molecule has 1 radical (unpaired) electrons. The normalized spacial score (nSPS) is 9.17. The van der Waals surface area contributed by atoms with Crippen LogP contribution in [0.15, 0.2) is 24.3 Å². The molecule has 0 fully saturated rings. The van der Waals surface area contributed by atoms with Gasteiger partial charge in [-0.05, 0) is 19.1 Å². The zero-order chi connectivity index (χ0) is 8.81. The first kappa shape index (κ1) is 8.94. The van der Waals surface area contributed by atoms with Crippen molar-refractivity contribution in [2.45, 2.75) is 6.92 Å². The average molecular weight is 165 g/mol. The standard InChI is InChI=1S/C8H10BO3/c1-2-11-7-4-3-5-8(6-7)12-9-10/h3-6,10H,2H2,1H3. The molecule has 4 heteroatoms. The molecule has 0 unspecified atom stereocenters. The second-order valence-electron chi connectivity index (χ2n) is 2.13. The Kier molecular flexibility index (Phi) is 3.48. The molecule has 63 valence electrons. The van der Waals surface area contributed by atoms with Crippen LogP contribution in [0.4, 0.5) is 0 Å². The van der Waals surface area contributed by atoms with E-state index in [-0.39, 0.29) is 0 Å². The summed E-state index contributed by atoms with van der Waals surface area (Å²) >= 11 is 0. The Labute approximate surface area is 72.2 Å². The third-order valence-corrected chi connectivity index (χ3v) is 1.31. The number of hydrogen-bond donors (Lipinski definition) is 1. The summed E-state index contributed by atoms with van der Waals surface area (Å²) in [7, 11) is 0.644. The van der Waals surface area contributed by atoms with Crippen molar-refractivity contribution in [3.05, 3.63) is 24.3 Å². The molecule has 0 saturated heterocycles. The fraction of sp³-hybridized carbons (Fsp3) is 0.250. The first-order valence-electron chi connectivity index (χ1n) is 3.72. The largest absolute Gasteiger partial charge is 0.569 e. The maximum Gasteiger partial charge on any atom is 0.569 e. The van der Waals surface area contributed by atoms with Crippen LogP contribution in [0.1, 0.15) is 6.92 Å². The molecule has 3 nitrogen and oxygen atoms in total. The van der Waals surface area contributed by atoms with Gasteiger partial charge in [0.1, 0.15) is 11.5 Å². The van der Waals surface area contributed by atoms with Gasteiger partial charge in [0.15, 0.2) is 0 Å². The van der Waals surface area contributed by atoms with E-state index < -0.39 is 0 Å². The van der Waals surface area contributed by atoms with E-state index in [9.17, 15) is 0 Å². The highest BCUT2D eigenvalue weighted by Gasteiger charge is 1.96. The van der Waals surface area contributed by atoms with Crippen LogP contribution in [0.25, 0.3) is 0 Å². The molecule has 1 aromatic carbocycles. The fourth-order valence-electron chi connectivity index (χ4n) is 0.865. The molecule has 0 aromatic heterocycles. The van der Waals surface area contributed by atoms with E-state index in [1.807, 2.05) is 13.0 Å². The van der Waals surface area contributed by atoms with Crippen LogP contribution in [0, 0.1) is 0 Å². The highest BCUT2D eigenvalue weighted by Crippen LogP contribution is 2.18. The minimum atomic E-state index is 0.559. The second-order valence-corrected chi connectivity index (χ2v) is 2.13. The Morgan fingerprint density at radius 3 is 2.83 bits per heavy atom. The Bertz CT molecular complexity index is 218. The van der Waals surface area contributed by atoms with Gasteiger partial charge in [0.2, 0.25) is 0 Å². The Hall–Kier alpha value is -1.16. The third-order valence-electron chi connectivity index (χ3n) is 1.31. The Morgan fingerprint density at radius 1 is 1.42 bits per heavy atom. The van der Waals surface area contributed by atoms with Crippen molar-refractivity contribution < 1.29 is 14.4 Å². The van der Waals surface area contributed by atoms with Gasteiger partial charge in [-0.2, -0.15) is 0 Å². The van der Waals surface area contributed by atoms with E-state index in [0.717, 1.165) is 5.75 Å². The lowest BCUT2D eigenvalue weighted by Gasteiger charge is -2.05. The zero-order valence-electron chi connectivity index (χ0n) is 6.86. The van der Waals surface area contributed by atoms with Crippen molar-refractivity contribution in [2.24, 2.45) is 0 Å². The molecule has 0 aliphatic heterocycles. The van der Waals surface area contributed by atoms with Crippen molar-refractivity contribution in [1.82, 2.24) is 0 Å². The summed E-state index contributed by atoms with van der Waals surface area (Å²) in [4.78, 5) is 0. The van der Waals surface area contributed by atoms with Crippen molar-refractivity contribution in [3.8, 4) is 11.5 Å². The molecule has 0 amide bonds. The summed E-state index contributed by atoms with van der Waals surface area (Å²) in [5.41, 5.74) is 0. The van der Waals surface area contributed by atoms with Gasteiger partial charge in [-0.3, -0.25) is 0 Å². The monoisotopic (exact) mass is 165 g/mol. The molecule has 0 atom stereocenters. The minimum Gasteiger partial charge on any atom is -0.537 e.